The summed E-state index contributed by atoms with van der Waals surface area (Å²) >= 11 is 3.44. The van der Waals surface area contributed by atoms with E-state index in [1.807, 2.05) is 30.3 Å². The molecule has 1 fully saturated rings. The van der Waals surface area contributed by atoms with Crippen LogP contribution >= 0.6 is 15.9 Å². The van der Waals surface area contributed by atoms with Gasteiger partial charge in [0.25, 0.3) is 0 Å². The molecule has 2 rings (SSSR count). The minimum absolute atomic E-state index is 0.0494. The molecule has 0 radical (unpaired) electrons. The summed E-state index contributed by atoms with van der Waals surface area (Å²) in [6.45, 7) is 3.72. The first-order valence-electron chi connectivity index (χ1n) is 7.42. The van der Waals surface area contributed by atoms with Crippen LogP contribution in [0.3, 0.4) is 0 Å². The second-order valence-corrected chi connectivity index (χ2v) is 5.93. The molecular weight excluding hydrogens is 334 g/mol. The second-order valence-electron chi connectivity index (χ2n) is 5.13. The maximum absolute atomic E-state index is 12.0. The fraction of sp³-hybridized carbons (Fsp3) is 0.562. The van der Waals surface area contributed by atoms with Gasteiger partial charge in [0.15, 0.2) is 0 Å². The Balaban J connectivity index is 1.60. The third-order valence-electron chi connectivity index (χ3n) is 3.66. The van der Waals surface area contributed by atoms with Crippen LogP contribution in [0.25, 0.3) is 0 Å². The molecule has 0 aliphatic carbocycles. The van der Waals surface area contributed by atoms with Crippen LogP contribution in [0.4, 0.5) is 0 Å². The Bertz CT molecular complexity index is 419. The highest BCUT2D eigenvalue weighted by Gasteiger charge is 2.25. The van der Waals surface area contributed by atoms with E-state index in [9.17, 15) is 4.79 Å². The number of alkyl halides is 1. The topological polar surface area (TPSA) is 38.8 Å². The smallest absolute Gasteiger partial charge is 0.309 e. The van der Waals surface area contributed by atoms with E-state index in [1.54, 1.807) is 0 Å². The Morgan fingerprint density at radius 2 is 1.90 bits per heavy atom. The molecule has 0 bridgehead atoms. The van der Waals surface area contributed by atoms with Crippen molar-refractivity contribution in [1.29, 1.82) is 0 Å². The maximum Gasteiger partial charge on any atom is 0.309 e. The zero-order valence-corrected chi connectivity index (χ0v) is 13.8. The first-order chi connectivity index (χ1) is 10.3. The molecule has 0 amide bonds. The van der Waals surface area contributed by atoms with Gasteiger partial charge >= 0.3 is 5.97 Å². The summed E-state index contributed by atoms with van der Waals surface area (Å²) < 4.78 is 10.8. The SMILES string of the molecule is O=C(OCCOc1ccccc1)C1CCN(CCBr)CC1. The molecule has 4 nitrogen and oxygen atoms in total. The third kappa shape index (κ3) is 5.67. The number of rotatable bonds is 7. The van der Waals surface area contributed by atoms with Gasteiger partial charge in [-0.05, 0) is 38.1 Å². The summed E-state index contributed by atoms with van der Waals surface area (Å²) in [6, 6.07) is 9.56. The molecule has 0 atom stereocenters. The van der Waals surface area contributed by atoms with Gasteiger partial charge in [-0.15, -0.1) is 0 Å². The number of likely N-dealkylation sites (tertiary alicyclic amines) is 1. The molecule has 1 aliphatic heterocycles. The largest absolute Gasteiger partial charge is 0.490 e. The van der Waals surface area contributed by atoms with Crippen LogP contribution < -0.4 is 4.74 Å². The molecule has 0 aromatic heterocycles. The lowest BCUT2D eigenvalue weighted by Crippen LogP contribution is -2.38. The normalized spacial score (nSPS) is 16.6. The first-order valence-corrected chi connectivity index (χ1v) is 8.54. The van der Waals surface area contributed by atoms with Crippen LogP contribution in [-0.4, -0.2) is 49.0 Å². The molecule has 1 heterocycles. The molecule has 0 N–H and O–H groups in total. The molecule has 0 saturated carbocycles. The highest BCUT2D eigenvalue weighted by atomic mass is 79.9. The molecule has 1 aromatic rings. The molecule has 0 unspecified atom stereocenters. The zero-order valence-electron chi connectivity index (χ0n) is 12.2. The van der Waals surface area contributed by atoms with Crippen LogP contribution in [-0.2, 0) is 9.53 Å². The van der Waals surface area contributed by atoms with E-state index < -0.39 is 0 Å². The number of esters is 1. The number of benzene rings is 1. The van der Waals surface area contributed by atoms with E-state index in [4.69, 9.17) is 9.47 Å². The summed E-state index contributed by atoms with van der Waals surface area (Å²) in [5.41, 5.74) is 0. The number of carbonyl (C=O) groups excluding carboxylic acids is 1. The monoisotopic (exact) mass is 355 g/mol. The summed E-state index contributed by atoms with van der Waals surface area (Å²) in [5.74, 6) is 0.773. The number of carbonyl (C=O) groups is 1. The molecule has 116 valence electrons. The van der Waals surface area contributed by atoms with E-state index in [0.717, 1.165) is 43.6 Å². The van der Waals surface area contributed by atoms with Crippen LogP contribution in [0, 0.1) is 5.92 Å². The lowest BCUT2D eigenvalue weighted by atomic mass is 9.97. The predicted octanol–water partition coefficient (Wildman–Crippen LogP) is 2.72. The first kappa shape index (κ1) is 16.3. The van der Waals surface area contributed by atoms with Gasteiger partial charge < -0.3 is 14.4 Å². The van der Waals surface area contributed by atoms with E-state index in [-0.39, 0.29) is 11.9 Å². The van der Waals surface area contributed by atoms with Crippen molar-refractivity contribution in [3.8, 4) is 5.75 Å². The quantitative estimate of drug-likeness (QED) is 0.428. The average molecular weight is 356 g/mol. The number of piperidine rings is 1. The van der Waals surface area contributed by atoms with Crippen LogP contribution in [0.5, 0.6) is 5.75 Å². The van der Waals surface area contributed by atoms with Gasteiger partial charge in [-0.1, -0.05) is 34.1 Å². The van der Waals surface area contributed by atoms with E-state index in [1.165, 1.54) is 0 Å². The molecule has 0 spiro atoms. The minimum atomic E-state index is -0.0786. The van der Waals surface area contributed by atoms with Gasteiger partial charge in [-0.2, -0.15) is 0 Å². The van der Waals surface area contributed by atoms with Crippen molar-refractivity contribution in [2.45, 2.75) is 12.8 Å². The fourth-order valence-electron chi connectivity index (χ4n) is 2.45. The van der Waals surface area contributed by atoms with Crippen molar-refractivity contribution in [1.82, 2.24) is 4.90 Å². The van der Waals surface area contributed by atoms with Crippen molar-refractivity contribution in [2.75, 3.05) is 38.2 Å². The van der Waals surface area contributed by atoms with E-state index in [0.29, 0.717) is 13.2 Å². The number of hydrogen-bond donors (Lipinski definition) is 0. The van der Waals surface area contributed by atoms with Crippen molar-refractivity contribution >= 4 is 21.9 Å². The van der Waals surface area contributed by atoms with Crippen molar-refractivity contribution in [3.05, 3.63) is 30.3 Å². The third-order valence-corrected chi connectivity index (χ3v) is 4.02. The molecule has 5 heteroatoms. The fourth-order valence-corrected chi connectivity index (χ4v) is 2.95. The Labute approximate surface area is 134 Å². The lowest BCUT2D eigenvalue weighted by molar-refractivity contribution is -0.150. The number of ether oxygens (including phenoxy) is 2. The van der Waals surface area contributed by atoms with Crippen LogP contribution in [0.15, 0.2) is 30.3 Å². The molecule has 1 aliphatic rings. The summed E-state index contributed by atoms with van der Waals surface area (Å²) in [7, 11) is 0. The van der Waals surface area contributed by atoms with Gasteiger partial charge in [0.2, 0.25) is 0 Å². The van der Waals surface area contributed by atoms with Gasteiger partial charge in [0, 0.05) is 11.9 Å². The Hall–Kier alpha value is -1.07. The molecule has 21 heavy (non-hydrogen) atoms. The van der Waals surface area contributed by atoms with Crippen molar-refractivity contribution < 1.29 is 14.3 Å². The van der Waals surface area contributed by atoms with Crippen LogP contribution in [0.1, 0.15) is 12.8 Å². The summed E-state index contributed by atoms with van der Waals surface area (Å²) in [5, 5.41) is 0.985. The average Bonchev–Trinajstić information content (AvgIpc) is 2.53. The second kappa shape index (κ2) is 9.05. The zero-order chi connectivity index (χ0) is 14.9. The van der Waals surface area contributed by atoms with E-state index in [2.05, 4.69) is 20.8 Å². The summed E-state index contributed by atoms with van der Waals surface area (Å²) in [4.78, 5) is 14.3. The lowest BCUT2D eigenvalue weighted by Gasteiger charge is -2.30. The van der Waals surface area contributed by atoms with Crippen molar-refractivity contribution in [3.63, 3.8) is 0 Å². The van der Waals surface area contributed by atoms with Gasteiger partial charge in [0.05, 0.1) is 5.92 Å². The number of hydrogen-bond acceptors (Lipinski definition) is 4. The molecule has 1 aromatic carbocycles. The summed E-state index contributed by atoms with van der Waals surface area (Å²) in [6.07, 6.45) is 1.79. The standard InChI is InChI=1S/C16H22BrNO3/c17-8-11-18-9-6-14(7-10-18)16(19)21-13-12-20-15-4-2-1-3-5-15/h1-5,14H,6-13H2. The van der Waals surface area contributed by atoms with Crippen LogP contribution in [0.2, 0.25) is 0 Å². The highest BCUT2D eigenvalue weighted by Crippen LogP contribution is 2.18. The van der Waals surface area contributed by atoms with Crippen molar-refractivity contribution in [2.24, 2.45) is 5.92 Å². The number of nitrogens with zero attached hydrogens (tertiary/aromatic N) is 1. The highest BCUT2D eigenvalue weighted by molar-refractivity contribution is 9.09. The Morgan fingerprint density at radius 1 is 1.19 bits per heavy atom. The maximum atomic E-state index is 12.0. The van der Waals surface area contributed by atoms with E-state index >= 15 is 0 Å². The Kier molecular flexibility index (Phi) is 7.03. The molecular formula is C16H22BrNO3. The molecule has 1 saturated heterocycles. The van der Waals surface area contributed by atoms with Gasteiger partial charge in [0.1, 0.15) is 19.0 Å². The minimum Gasteiger partial charge on any atom is -0.490 e. The Morgan fingerprint density at radius 3 is 2.57 bits per heavy atom. The van der Waals surface area contributed by atoms with Gasteiger partial charge in [-0.3, -0.25) is 4.79 Å². The van der Waals surface area contributed by atoms with Gasteiger partial charge in [-0.25, -0.2) is 0 Å². The number of halogens is 1. The number of para-hydroxylation sites is 1. The predicted molar refractivity (Wildman–Crippen MR) is 85.9 cm³/mol.